The lowest BCUT2D eigenvalue weighted by molar-refractivity contribution is -0.137. The lowest BCUT2D eigenvalue weighted by Gasteiger charge is -2.34. The van der Waals surface area contributed by atoms with E-state index in [4.69, 9.17) is 16.7 Å². The van der Waals surface area contributed by atoms with Gasteiger partial charge in [-0.2, -0.15) is 0 Å². The predicted molar refractivity (Wildman–Crippen MR) is 89.9 cm³/mol. The molecule has 1 saturated heterocycles. The van der Waals surface area contributed by atoms with E-state index in [2.05, 4.69) is 21.9 Å². The first-order chi connectivity index (χ1) is 9.13. The van der Waals surface area contributed by atoms with Gasteiger partial charge < -0.3 is 10.0 Å². The second kappa shape index (κ2) is 10.2. The number of carbonyl (C=O) groups is 1. The van der Waals surface area contributed by atoms with Crippen LogP contribution in [0.3, 0.4) is 0 Å². The third kappa shape index (κ3) is 7.34. The Kier molecular flexibility index (Phi) is 9.99. The standard InChI is InChI=1S/C14H19ClN2O2.2ClH/c15-13-3-1-12(2-4-13)11-17-9-7-16(8-10-17)6-5-14(18)19;;/h1-4H,5-11H2,(H,18,19);2*1H. The molecule has 0 spiro atoms. The van der Waals surface area contributed by atoms with Gasteiger partial charge in [-0.1, -0.05) is 23.7 Å². The van der Waals surface area contributed by atoms with E-state index in [9.17, 15) is 4.79 Å². The fourth-order valence-electron chi connectivity index (χ4n) is 2.27. The SMILES string of the molecule is Cl.Cl.O=C(O)CCN1CCN(Cc2ccc(Cl)cc2)CC1. The average Bonchev–Trinajstić information content (AvgIpc) is 2.40. The number of aliphatic carboxylic acids is 1. The van der Waals surface area contributed by atoms with Crippen LogP contribution in [0.5, 0.6) is 0 Å². The third-order valence-corrected chi connectivity index (χ3v) is 3.68. The summed E-state index contributed by atoms with van der Waals surface area (Å²) in [5.74, 6) is -0.719. The molecule has 1 heterocycles. The van der Waals surface area contributed by atoms with Gasteiger partial charge in [-0.15, -0.1) is 24.8 Å². The summed E-state index contributed by atoms with van der Waals surface area (Å²) in [5.41, 5.74) is 1.27. The van der Waals surface area contributed by atoms with Gasteiger partial charge in [0.25, 0.3) is 0 Å². The minimum atomic E-state index is -0.719. The fourth-order valence-corrected chi connectivity index (χ4v) is 2.40. The van der Waals surface area contributed by atoms with Crippen LogP contribution in [0.15, 0.2) is 24.3 Å². The van der Waals surface area contributed by atoms with E-state index in [0.717, 1.165) is 37.7 Å². The minimum Gasteiger partial charge on any atom is -0.481 e. The smallest absolute Gasteiger partial charge is 0.304 e. The summed E-state index contributed by atoms with van der Waals surface area (Å²) in [6, 6.07) is 7.94. The molecule has 0 bridgehead atoms. The van der Waals surface area contributed by atoms with Crippen molar-refractivity contribution >= 4 is 42.4 Å². The molecule has 0 amide bonds. The number of hydrogen-bond acceptors (Lipinski definition) is 3. The van der Waals surface area contributed by atoms with Crippen molar-refractivity contribution in [3.05, 3.63) is 34.9 Å². The second-order valence-electron chi connectivity index (χ2n) is 4.89. The summed E-state index contributed by atoms with van der Waals surface area (Å²) >= 11 is 5.87. The molecule has 1 aliphatic heterocycles. The topological polar surface area (TPSA) is 43.8 Å². The van der Waals surface area contributed by atoms with Crippen LogP contribution in [-0.4, -0.2) is 53.6 Å². The maximum atomic E-state index is 10.5. The van der Waals surface area contributed by atoms with E-state index in [1.54, 1.807) is 0 Å². The number of halogens is 3. The number of carboxylic acids is 1. The molecule has 0 saturated carbocycles. The zero-order chi connectivity index (χ0) is 13.7. The van der Waals surface area contributed by atoms with Crippen molar-refractivity contribution in [1.82, 2.24) is 9.80 Å². The van der Waals surface area contributed by atoms with Crippen LogP contribution in [-0.2, 0) is 11.3 Å². The number of rotatable bonds is 5. The van der Waals surface area contributed by atoms with Gasteiger partial charge in [0.15, 0.2) is 0 Å². The summed E-state index contributed by atoms with van der Waals surface area (Å²) in [6.45, 7) is 5.46. The van der Waals surface area contributed by atoms with Gasteiger partial charge in [0.2, 0.25) is 0 Å². The summed E-state index contributed by atoms with van der Waals surface area (Å²) < 4.78 is 0. The molecule has 21 heavy (non-hydrogen) atoms. The van der Waals surface area contributed by atoms with Crippen molar-refractivity contribution in [1.29, 1.82) is 0 Å². The lowest BCUT2D eigenvalue weighted by atomic mass is 10.2. The quantitative estimate of drug-likeness (QED) is 0.882. The Morgan fingerprint density at radius 3 is 2.10 bits per heavy atom. The fraction of sp³-hybridized carbons (Fsp3) is 0.500. The van der Waals surface area contributed by atoms with E-state index < -0.39 is 5.97 Å². The highest BCUT2D eigenvalue weighted by molar-refractivity contribution is 6.30. The summed E-state index contributed by atoms with van der Waals surface area (Å²) in [7, 11) is 0. The highest BCUT2D eigenvalue weighted by Crippen LogP contribution is 2.12. The van der Waals surface area contributed by atoms with E-state index in [1.165, 1.54) is 5.56 Å². The molecule has 1 aromatic rings. The van der Waals surface area contributed by atoms with Crippen molar-refractivity contribution in [2.24, 2.45) is 0 Å². The van der Waals surface area contributed by atoms with Gasteiger partial charge in [0, 0.05) is 44.3 Å². The largest absolute Gasteiger partial charge is 0.481 e. The second-order valence-corrected chi connectivity index (χ2v) is 5.32. The lowest BCUT2D eigenvalue weighted by Crippen LogP contribution is -2.46. The first-order valence-electron chi connectivity index (χ1n) is 6.54. The monoisotopic (exact) mass is 354 g/mol. The Labute approximate surface area is 142 Å². The molecule has 1 N–H and O–H groups in total. The molecule has 0 aliphatic carbocycles. The molecule has 120 valence electrons. The summed E-state index contributed by atoms with van der Waals surface area (Å²) in [5, 5.41) is 9.43. The highest BCUT2D eigenvalue weighted by atomic mass is 35.5. The van der Waals surface area contributed by atoms with E-state index in [0.29, 0.717) is 6.54 Å². The molecular weight excluding hydrogens is 335 g/mol. The molecule has 7 heteroatoms. The molecule has 4 nitrogen and oxygen atoms in total. The Morgan fingerprint density at radius 1 is 1.05 bits per heavy atom. The van der Waals surface area contributed by atoms with E-state index in [-0.39, 0.29) is 31.2 Å². The Bertz CT molecular complexity index is 421. The Morgan fingerprint density at radius 2 is 1.57 bits per heavy atom. The number of carboxylic acid groups (broad SMARTS) is 1. The molecule has 0 radical (unpaired) electrons. The van der Waals surface area contributed by atoms with Crippen LogP contribution in [0.25, 0.3) is 0 Å². The average molecular weight is 356 g/mol. The van der Waals surface area contributed by atoms with Crippen molar-refractivity contribution in [2.45, 2.75) is 13.0 Å². The maximum absolute atomic E-state index is 10.5. The summed E-state index contributed by atoms with van der Waals surface area (Å²) in [4.78, 5) is 15.1. The third-order valence-electron chi connectivity index (χ3n) is 3.43. The number of benzene rings is 1. The minimum absolute atomic E-state index is 0. The predicted octanol–water partition coefficient (Wildman–Crippen LogP) is 2.78. The molecule has 1 fully saturated rings. The molecular formula is C14H21Cl3N2O2. The number of hydrogen-bond donors (Lipinski definition) is 1. The molecule has 1 aromatic carbocycles. The van der Waals surface area contributed by atoms with Gasteiger partial charge in [-0.3, -0.25) is 9.69 Å². The van der Waals surface area contributed by atoms with Crippen molar-refractivity contribution in [2.75, 3.05) is 32.7 Å². The van der Waals surface area contributed by atoms with Gasteiger partial charge >= 0.3 is 5.97 Å². The number of nitrogens with zero attached hydrogens (tertiary/aromatic N) is 2. The van der Waals surface area contributed by atoms with Crippen LogP contribution in [0.1, 0.15) is 12.0 Å². The first kappa shape index (κ1) is 20.5. The van der Waals surface area contributed by atoms with Gasteiger partial charge in [-0.25, -0.2) is 0 Å². The van der Waals surface area contributed by atoms with Gasteiger partial charge in [-0.05, 0) is 17.7 Å². The van der Waals surface area contributed by atoms with E-state index >= 15 is 0 Å². The van der Waals surface area contributed by atoms with E-state index in [1.807, 2.05) is 12.1 Å². The molecule has 0 unspecified atom stereocenters. The van der Waals surface area contributed by atoms with Gasteiger partial charge in [0.05, 0.1) is 6.42 Å². The molecule has 0 aromatic heterocycles. The first-order valence-corrected chi connectivity index (χ1v) is 6.92. The van der Waals surface area contributed by atoms with Crippen LogP contribution in [0.4, 0.5) is 0 Å². The van der Waals surface area contributed by atoms with Crippen molar-refractivity contribution < 1.29 is 9.90 Å². The van der Waals surface area contributed by atoms with Crippen molar-refractivity contribution in [3.63, 3.8) is 0 Å². The maximum Gasteiger partial charge on any atom is 0.304 e. The summed E-state index contributed by atoms with van der Waals surface area (Å²) in [6.07, 6.45) is 0.233. The van der Waals surface area contributed by atoms with Crippen LogP contribution < -0.4 is 0 Å². The van der Waals surface area contributed by atoms with Gasteiger partial charge in [0.1, 0.15) is 0 Å². The Hall–Kier alpha value is -0.520. The molecule has 1 aliphatic rings. The number of piperazine rings is 1. The van der Waals surface area contributed by atoms with Crippen LogP contribution >= 0.6 is 36.4 Å². The van der Waals surface area contributed by atoms with Crippen LogP contribution in [0, 0.1) is 0 Å². The van der Waals surface area contributed by atoms with Crippen LogP contribution in [0.2, 0.25) is 5.02 Å². The normalized spacial score (nSPS) is 15.9. The van der Waals surface area contributed by atoms with Crippen molar-refractivity contribution in [3.8, 4) is 0 Å². The highest BCUT2D eigenvalue weighted by Gasteiger charge is 2.17. The Balaban J connectivity index is 0.00000200. The zero-order valence-electron chi connectivity index (χ0n) is 11.7. The molecule has 2 rings (SSSR count). The zero-order valence-corrected chi connectivity index (χ0v) is 14.1. The molecule has 0 atom stereocenters.